The third-order valence-corrected chi connectivity index (χ3v) is 4.38. The summed E-state index contributed by atoms with van der Waals surface area (Å²) < 4.78 is 18.5. The molecule has 0 aliphatic carbocycles. The molecule has 0 radical (unpaired) electrons. The van der Waals surface area contributed by atoms with Crippen molar-refractivity contribution in [3.05, 3.63) is 23.8 Å². The molecule has 0 saturated carbocycles. The summed E-state index contributed by atoms with van der Waals surface area (Å²) in [5.41, 5.74) is 2.26. The minimum Gasteiger partial charge on any atom is -0.803 e. The first-order chi connectivity index (χ1) is 7.04. The summed E-state index contributed by atoms with van der Waals surface area (Å²) in [5, 5.41) is 0. The molecule has 0 bridgehead atoms. The zero-order valence-electron chi connectivity index (χ0n) is 9.32. The van der Waals surface area contributed by atoms with E-state index in [-0.39, 0.29) is 64.9 Å². The Hall–Kier alpha value is 1.54. The van der Waals surface area contributed by atoms with Crippen molar-refractivity contribution in [2.45, 2.75) is 5.75 Å². The van der Waals surface area contributed by atoms with Crippen LogP contribution in [0.15, 0.2) is 18.2 Å². The zero-order valence-corrected chi connectivity index (χ0v) is 15.8. The Kier molecular flexibility index (Phi) is 8.69. The molecule has 2 aromatic rings. The number of hydrogen-bond acceptors (Lipinski definition) is 7. The number of rotatable bonds is 3. The molecule has 0 atom stereocenters. The van der Waals surface area contributed by atoms with Crippen molar-refractivity contribution in [1.82, 2.24) is 8.75 Å². The van der Waals surface area contributed by atoms with E-state index in [9.17, 15) is 14.4 Å². The molecule has 1 aromatic carbocycles. The number of fused-ring (bicyclic) bond motifs is 1. The smallest absolute Gasteiger partial charge is 0.803 e. The van der Waals surface area contributed by atoms with Crippen molar-refractivity contribution in [3.8, 4) is 0 Å². The van der Waals surface area contributed by atoms with Gasteiger partial charge in [0.25, 0.3) is 0 Å². The predicted molar refractivity (Wildman–Crippen MR) is 56.3 cm³/mol. The molecule has 5 nitrogen and oxygen atoms in total. The minimum absolute atomic E-state index is 0. The molecule has 1 heterocycles. The van der Waals surface area contributed by atoms with Gasteiger partial charge in [-0.25, -0.2) is 0 Å². The average Bonchev–Trinajstić information content (AvgIpc) is 2.60. The van der Waals surface area contributed by atoms with Crippen LogP contribution in [0.4, 0.5) is 0 Å². The molecule has 10 heteroatoms. The molecule has 0 unspecified atom stereocenters. The Labute approximate surface area is 151 Å². The van der Waals surface area contributed by atoms with Crippen LogP contribution in [0.1, 0.15) is 5.56 Å². The standard InChI is InChI=1S/C7H7N2O3PS2.2Na/c10-13(11,12)14-4-5-1-2-6-7(3-5)9-15-8-6;;/h1-3H,4H2,(H2,10,11,12);;/q;2*+1/p-2. The van der Waals surface area contributed by atoms with Crippen molar-refractivity contribution in [1.29, 1.82) is 0 Å². The van der Waals surface area contributed by atoms with Gasteiger partial charge in [-0.05, 0) is 24.5 Å². The summed E-state index contributed by atoms with van der Waals surface area (Å²) in [5.74, 6) is 0.151. The van der Waals surface area contributed by atoms with Crippen molar-refractivity contribution < 1.29 is 73.5 Å². The number of hydrogen-bond donors (Lipinski definition) is 0. The molecule has 0 amide bonds. The summed E-state index contributed by atoms with van der Waals surface area (Å²) in [6.07, 6.45) is 0. The van der Waals surface area contributed by atoms with Crippen molar-refractivity contribution in [2.24, 2.45) is 0 Å². The maximum atomic E-state index is 10.4. The monoisotopic (exact) mass is 306 g/mol. The summed E-state index contributed by atoms with van der Waals surface area (Å²) in [6.45, 7) is -4.49. The largest absolute Gasteiger partial charge is 1.00 e. The molecule has 80 valence electrons. The second kappa shape index (κ2) is 7.97. The Bertz CT molecular complexity index is 533. The van der Waals surface area contributed by atoms with Gasteiger partial charge in [-0.2, -0.15) is 8.75 Å². The van der Waals surface area contributed by atoms with Gasteiger partial charge < -0.3 is 14.4 Å². The zero-order chi connectivity index (χ0) is 10.9. The van der Waals surface area contributed by atoms with Gasteiger partial charge in [-0.15, -0.1) is 11.4 Å². The summed E-state index contributed by atoms with van der Waals surface area (Å²) in [4.78, 5) is 20.9. The van der Waals surface area contributed by atoms with Crippen LogP contribution in [0.2, 0.25) is 0 Å². The summed E-state index contributed by atoms with van der Waals surface area (Å²) >= 11 is 1.50. The molecule has 0 saturated heterocycles. The Morgan fingerprint density at radius 1 is 1.24 bits per heavy atom. The quantitative estimate of drug-likeness (QED) is 0.416. The Morgan fingerprint density at radius 2 is 1.88 bits per heavy atom. The molecule has 0 spiro atoms. The van der Waals surface area contributed by atoms with Gasteiger partial charge in [0.1, 0.15) is 11.0 Å². The van der Waals surface area contributed by atoms with E-state index in [1.165, 1.54) is 0 Å². The fourth-order valence-electron chi connectivity index (χ4n) is 1.07. The summed E-state index contributed by atoms with van der Waals surface area (Å²) in [6, 6.07) is 5.24. The van der Waals surface area contributed by atoms with Gasteiger partial charge in [0.15, 0.2) is 0 Å². The molecule has 0 aliphatic heterocycles. The molecule has 2 rings (SSSR count). The SMILES string of the molecule is O=P([O-])([O-])SCc1ccc2nsnc2c1.[Na+].[Na+]. The fraction of sp³-hybridized carbons (Fsp3) is 0.143. The van der Waals surface area contributed by atoms with Crippen LogP contribution in [0.5, 0.6) is 0 Å². The number of nitrogens with zero attached hydrogens (tertiary/aromatic N) is 2. The van der Waals surface area contributed by atoms with Gasteiger partial charge in [0.2, 0.25) is 0 Å². The van der Waals surface area contributed by atoms with E-state index in [0.29, 0.717) is 11.4 Å². The van der Waals surface area contributed by atoms with Gasteiger partial charge in [0, 0.05) is 5.75 Å². The Morgan fingerprint density at radius 3 is 2.53 bits per heavy atom. The van der Waals surface area contributed by atoms with Crippen LogP contribution in [-0.4, -0.2) is 8.75 Å². The van der Waals surface area contributed by atoms with Crippen LogP contribution in [0.3, 0.4) is 0 Å². The Balaban J connectivity index is 0.00000128. The predicted octanol–water partition coefficient (Wildman–Crippen LogP) is -5.24. The van der Waals surface area contributed by atoms with E-state index in [4.69, 9.17) is 0 Å². The maximum Gasteiger partial charge on any atom is 1.00 e. The van der Waals surface area contributed by atoms with Gasteiger partial charge >= 0.3 is 59.1 Å². The third-order valence-electron chi connectivity index (χ3n) is 1.71. The van der Waals surface area contributed by atoms with Crippen LogP contribution in [0.25, 0.3) is 11.0 Å². The number of aromatic nitrogens is 2. The second-order valence-electron chi connectivity index (χ2n) is 2.81. The first kappa shape index (κ1) is 18.5. The van der Waals surface area contributed by atoms with Crippen molar-refractivity contribution in [2.75, 3.05) is 0 Å². The second-order valence-corrected chi connectivity index (χ2v) is 6.89. The van der Waals surface area contributed by atoms with E-state index in [1.807, 2.05) is 0 Å². The minimum atomic E-state index is -4.49. The summed E-state index contributed by atoms with van der Waals surface area (Å²) in [7, 11) is 0. The molecular formula is C7H5N2Na2O3PS2. The van der Waals surface area contributed by atoms with E-state index in [0.717, 1.165) is 28.3 Å². The van der Waals surface area contributed by atoms with Crippen LogP contribution in [0, 0.1) is 0 Å². The van der Waals surface area contributed by atoms with E-state index in [2.05, 4.69) is 8.75 Å². The van der Waals surface area contributed by atoms with Gasteiger partial charge in [-0.1, -0.05) is 6.07 Å². The van der Waals surface area contributed by atoms with E-state index >= 15 is 0 Å². The molecular weight excluding hydrogens is 301 g/mol. The van der Waals surface area contributed by atoms with Gasteiger partial charge in [-0.3, -0.25) is 0 Å². The third kappa shape index (κ3) is 6.01. The maximum absolute atomic E-state index is 10.4. The first-order valence-electron chi connectivity index (χ1n) is 3.92. The molecule has 0 fully saturated rings. The van der Waals surface area contributed by atoms with Gasteiger partial charge in [0.05, 0.1) is 11.7 Å². The van der Waals surface area contributed by atoms with Crippen LogP contribution in [-0.2, 0) is 10.3 Å². The number of benzene rings is 1. The normalized spacial score (nSPS) is 10.7. The van der Waals surface area contributed by atoms with E-state index in [1.54, 1.807) is 18.2 Å². The molecule has 0 aliphatic rings. The molecule has 0 N–H and O–H groups in total. The van der Waals surface area contributed by atoms with Crippen molar-refractivity contribution in [3.63, 3.8) is 0 Å². The fourth-order valence-corrected chi connectivity index (χ4v) is 3.00. The molecule has 17 heavy (non-hydrogen) atoms. The van der Waals surface area contributed by atoms with Crippen LogP contribution < -0.4 is 68.9 Å². The average molecular weight is 306 g/mol. The molecule has 1 aromatic heterocycles. The van der Waals surface area contributed by atoms with Crippen LogP contribution >= 0.6 is 29.9 Å². The first-order valence-corrected chi connectivity index (χ1v) is 7.79. The van der Waals surface area contributed by atoms with E-state index < -0.39 is 6.80 Å². The van der Waals surface area contributed by atoms with Crippen molar-refractivity contribution >= 4 is 40.9 Å². The topological polar surface area (TPSA) is 89.0 Å².